The van der Waals surface area contributed by atoms with Crippen LogP contribution in [0.15, 0.2) is 30.3 Å². The Balaban J connectivity index is 2.19. The minimum atomic E-state index is -0.230. The van der Waals surface area contributed by atoms with E-state index in [1.807, 2.05) is 6.07 Å². The van der Waals surface area contributed by atoms with Crippen LogP contribution in [-0.4, -0.2) is 19.1 Å². The van der Waals surface area contributed by atoms with Crippen LogP contribution in [0.5, 0.6) is 0 Å². The van der Waals surface area contributed by atoms with E-state index >= 15 is 0 Å². The van der Waals surface area contributed by atoms with E-state index in [9.17, 15) is 4.79 Å². The van der Waals surface area contributed by atoms with Crippen molar-refractivity contribution in [2.75, 3.05) is 7.11 Å². The number of nitrogens with one attached hydrogen (secondary N) is 1. The van der Waals surface area contributed by atoms with E-state index in [2.05, 4.69) is 43.4 Å². The summed E-state index contributed by atoms with van der Waals surface area (Å²) in [7, 11) is 1.48. The molecule has 0 aliphatic heterocycles. The summed E-state index contributed by atoms with van der Waals surface area (Å²) in [6.07, 6.45) is 7.21. The zero-order valence-electron chi connectivity index (χ0n) is 14.8. The van der Waals surface area contributed by atoms with E-state index in [4.69, 9.17) is 4.74 Å². The lowest BCUT2D eigenvalue weighted by atomic mass is 9.80. The fraction of sp³-hybridized carbons (Fsp3) is 0.650. The molecule has 1 aromatic carbocycles. The highest BCUT2D eigenvalue weighted by Gasteiger charge is 2.30. The molecule has 0 saturated heterocycles. The smallest absolute Gasteiger partial charge is 0.322 e. The van der Waals surface area contributed by atoms with Gasteiger partial charge in [0.25, 0.3) is 0 Å². The molecular weight excluding hydrogens is 286 g/mol. The first-order valence-corrected chi connectivity index (χ1v) is 9.00. The van der Waals surface area contributed by atoms with Crippen LogP contribution in [0.2, 0.25) is 0 Å². The zero-order valence-corrected chi connectivity index (χ0v) is 14.8. The van der Waals surface area contributed by atoms with Gasteiger partial charge in [-0.1, -0.05) is 63.4 Å². The second-order valence-corrected chi connectivity index (χ2v) is 7.16. The van der Waals surface area contributed by atoms with Crippen LogP contribution in [0.4, 0.5) is 0 Å². The van der Waals surface area contributed by atoms with Crippen molar-refractivity contribution in [1.82, 2.24) is 5.32 Å². The van der Waals surface area contributed by atoms with E-state index in [1.165, 1.54) is 44.8 Å². The number of hydrogen-bond donors (Lipinski definition) is 1. The van der Waals surface area contributed by atoms with Gasteiger partial charge in [-0.25, -0.2) is 0 Å². The predicted molar refractivity (Wildman–Crippen MR) is 94.2 cm³/mol. The summed E-state index contributed by atoms with van der Waals surface area (Å²) in [5, 5.41) is 3.65. The molecule has 128 valence electrons. The van der Waals surface area contributed by atoms with Crippen LogP contribution in [0.3, 0.4) is 0 Å². The second-order valence-electron chi connectivity index (χ2n) is 7.16. The lowest BCUT2D eigenvalue weighted by molar-refractivity contribution is -0.144. The zero-order chi connectivity index (χ0) is 16.7. The molecule has 1 aliphatic rings. The highest BCUT2D eigenvalue weighted by atomic mass is 16.5. The normalized spacial score (nSPS) is 18.6. The maximum absolute atomic E-state index is 12.2. The summed E-state index contributed by atoms with van der Waals surface area (Å²) in [6.45, 7) is 4.30. The van der Waals surface area contributed by atoms with Gasteiger partial charge in [0.1, 0.15) is 6.04 Å². The molecular formula is C20H31NO2. The van der Waals surface area contributed by atoms with Crippen molar-refractivity contribution >= 4 is 5.97 Å². The minimum Gasteiger partial charge on any atom is -0.468 e. The van der Waals surface area contributed by atoms with E-state index in [-0.39, 0.29) is 18.1 Å². The summed E-state index contributed by atoms with van der Waals surface area (Å²) < 4.78 is 5.04. The third-order valence-electron chi connectivity index (χ3n) is 4.85. The molecule has 0 radical (unpaired) electrons. The molecule has 1 aliphatic carbocycles. The number of methoxy groups -OCH3 is 1. The second kappa shape index (κ2) is 9.07. The van der Waals surface area contributed by atoms with Gasteiger partial charge in [0.2, 0.25) is 0 Å². The first kappa shape index (κ1) is 18.0. The van der Waals surface area contributed by atoms with Gasteiger partial charge in [-0.3, -0.25) is 10.1 Å². The van der Waals surface area contributed by atoms with Gasteiger partial charge < -0.3 is 4.74 Å². The van der Waals surface area contributed by atoms with Crippen LogP contribution in [0.1, 0.15) is 64.0 Å². The maximum atomic E-state index is 12.2. The van der Waals surface area contributed by atoms with Crippen molar-refractivity contribution in [3.8, 4) is 0 Å². The van der Waals surface area contributed by atoms with Gasteiger partial charge in [-0.05, 0) is 36.7 Å². The molecule has 0 amide bonds. The van der Waals surface area contributed by atoms with Crippen molar-refractivity contribution in [1.29, 1.82) is 0 Å². The van der Waals surface area contributed by atoms with Gasteiger partial charge in [0, 0.05) is 6.04 Å². The van der Waals surface area contributed by atoms with Crippen molar-refractivity contribution in [3.63, 3.8) is 0 Å². The number of ether oxygens (including phenoxy) is 1. The molecule has 0 heterocycles. The van der Waals surface area contributed by atoms with Crippen molar-refractivity contribution in [2.24, 2.45) is 11.8 Å². The summed E-state index contributed by atoms with van der Waals surface area (Å²) in [4.78, 5) is 12.2. The van der Waals surface area contributed by atoms with Crippen molar-refractivity contribution < 1.29 is 9.53 Å². The van der Waals surface area contributed by atoms with Crippen LogP contribution in [-0.2, 0) is 9.53 Å². The Labute approximate surface area is 140 Å². The first-order valence-electron chi connectivity index (χ1n) is 9.00. The topological polar surface area (TPSA) is 38.3 Å². The highest BCUT2D eigenvalue weighted by Crippen LogP contribution is 2.35. The number of carbonyl (C=O) groups is 1. The molecule has 1 N–H and O–H groups in total. The number of rotatable bonds is 7. The number of carbonyl (C=O) groups excluding carboxylic acids is 1. The minimum absolute atomic E-state index is 0.143. The average molecular weight is 317 g/mol. The molecule has 3 heteroatoms. The third kappa shape index (κ3) is 5.35. The third-order valence-corrected chi connectivity index (χ3v) is 4.85. The standard InChI is InChI=1S/C20H31NO2/c1-15(2)14-18(20(22)23-3)21-19(16-10-6-4-7-11-16)17-12-8-5-9-13-17/h4,6-7,10-11,15,17-19,21H,5,8-9,12-14H2,1-3H3/t18-,19?/m0/s1. The van der Waals surface area contributed by atoms with E-state index < -0.39 is 0 Å². The van der Waals surface area contributed by atoms with Gasteiger partial charge >= 0.3 is 5.97 Å². The molecule has 0 bridgehead atoms. The molecule has 1 saturated carbocycles. The molecule has 3 nitrogen and oxygen atoms in total. The quantitative estimate of drug-likeness (QED) is 0.753. The summed E-state index contributed by atoms with van der Waals surface area (Å²) >= 11 is 0. The lowest BCUT2D eigenvalue weighted by Gasteiger charge is -2.34. The fourth-order valence-electron chi connectivity index (χ4n) is 3.70. The van der Waals surface area contributed by atoms with E-state index in [0.29, 0.717) is 11.8 Å². The Bertz CT molecular complexity index is 466. The Morgan fingerprint density at radius 2 is 1.83 bits per heavy atom. The molecule has 2 rings (SSSR count). The van der Waals surface area contributed by atoms with E-state index in [1.54, 1.807) is 0 Å². The van der Waals surface area contributed by atoms with Crippen molar-refractivity contribution in [3.05, 3.63) is 35.9 Å². The van der Waals surface area contributed by atoms with Crippen LogP contribution in [0, 0.1) is 11.8 Å². The molecule has 0 aromatic heterocycles. The van der Waals surface area contributed by atoms with Gasteiger partial charge in [0.05, 0.1) is 7.11 Å². The maximum Gasteiger partial charge on any atom is 0.322 e. The number of esters is 1. The van der Waals surface area contributed by atoms with Crippen LogP contribution in [0.25, 0.3) is 0 Å². The Hall–Kier alpha value is -1.35. The van der Waals surface area contributed by atoms with Gasteiger partial charge in [-0.15, -0.1) is 0 Å². The summed E-state index contributed by atoms with van der Waals surface area (Å²) in [6, 6.07) is 10.6. The Morgan fingerprint density at radius 1 is 1.17 bits per heavy atom. The first-order chi connectivity index (χ1) is 11.1. The molecule has 2 atom stereocenters. The SMILES string of the molecule is COC(=O)[C@H](CC(C)C)NC(c1ccccc1)C1CCCCC1. The fourth-order valence-corrected chi connectivity index (χ4v) is 3.70. The average Bonchev–Trinajstić information content (AvgIpc) is 2.59. The largest absolute Gasteiger partial charge is 0.468 e. The molecule has 1 aromatic rings. The molecule has 0 spiro atoms. The Kier molecular flexibility index (Phi) is 7.10. The molecule has 23 heavy (non-hydrogen) atoms. The molecule has 1 unspecified atom stereocenters. The van der Waals surface area contributed by atoms with Gasteiger partial charge in [0.15, 0.2) is 0 Å². The monoisotopic (exact) mass is 317 g/mol. The number of benzene rings is 1. The lowest BCUT2D eigenvalue weighted by Crippen LogP contribution is -2.43. The Morgan fingerprint density at radius 3 is 2.39 bits per heavy atom. The highest BCUT2D eigenvalue weighted by molar-refractivity contribution is 5.75. The van der Waals surface area contributed by atoms with Gasteiger partial charge in [-0.2, -0.15) is 0 Å². The van der Waals surface area contributed by atoms with Crippen LogP contribution >= 0.6 is 0 Å². The summed E-state index contributed by atoms with van der Waals surface area (Å²) in [5.74, 6) is 0.912. The van der Waals surface area contributed by atoms with Crippen molar-refractivity contribution in [2.45, 2.75) is 64.5 Å². The van der Waals surface area contributed by atoms with E-state index in [0.717, 1.165) is 6.42 Å². The number of hydrogen-bond acceptors (Lipinski definition) is 3. The predicted octanol–water partition coefficient (Wildman–Crippen LogP) is 4.49. The van der Waals surface area contributed by atoms with Crippen LogP contribution < -0.4 is 5.32 Å². The summed E-state index contributed by atoms with van der Waals surface area (Å²) in [5.41, 5.74) is 1.29. The molecule has 1 fully saturated rings.